The number of methoxy groups -OCH3 is 1. The molecule has 8 heteroatoms. The molecular formula is C26H30N4O4. The number of H-pyrrole nitrogens is 1. The van der Waals surface area contributed by atoms with Gasteiger partial charge in [-0.05, 0) is 47.9 Å². The fourth-order valence-electron chi connectivity index (χ4n) is 4.47. The zero-order valence-corrected chi connectivity index (χ0v) is 19.4. The van der Waals surface area contributed by atoms with E-state index in [1.54, 1.807) is 0 Å². The van der Waals surface area contributed by atoms with E-state index in [-0.39, 0.29) is 43.5 Å². The van der Waals surface area contributed by atoms with Gasteiger partial charge in [-0.1, -0.05) is 48.5 Å². The number of aryl methyl sites for hydroxylation is 2. The molecule has 0 bridgehead atoms. The van der Waals surface area contributed by atoms with Crippen LogP contribution in [-0.2, 0) is 41.9 Å². The zero-order valence-electron chi connectivity index (χ0n) is 19.4. The summed E-state index contributed by atoms with van der Waals surface area (Å²) in [6.45, 7) is 0.543. The quantitative estimate of drug-likeness (QED) is 0.534. The van der Waals surface area contributed by atoms with Crippen molar-refractivity contribution in [3.8, 4) is 0 Å². The molecule has 0 unspecified atom stereocenters. The summed E-state index contributed by atoms with van der Waals surface area (Å²) >= 11 is 0. The van der Waals surface area contributed by atoms with Crippen LogP contribution in [0.4, 0.5) is 11.5 Å². The molecule has 1 aliphatic rings. The van der Waals surface area contributed by atoms with Crippen molar-refractivity contribution in [2.45, 2.75) is 45.2 Å². The summed E-state index contributed by atoms with van der Waals surface area (Å²) in [6, 6.07) is 15.6. The summed E-state index contributed by atoms with van der Waals surface area (Å²) in [5.41, 5.74) is 9.32. The van der Waals surface area contributed by atoms with E-state index in [0.29, 0.717) is 0 Å². The molecule has 0 saturated carbocycles. The van der Waals surface area contributed by atoms with E-state index in [1.165, 1.54) is 34.1 Å². The number of aromatic amines is 1. The Morgan fingerprint density at radius 3 is 2.53 bits per heavy atom. The Morgan fingerprint density at radius 1 is 1.06 bits per heavy atom. The number of hydrogen-bond acceptors (Lipinski definition) is 5. The maximum absolute atomic E-state index is 13.6. The van der Waals surface area contributed by atoms with Crippen molar-refractivity contribution in [1.29, 1.82) is 0 Å². The number of fused-ring (bicyclic) bond motifs is 1. The minimum atomic E-state index is -0.689. The predicted molar refractivity (Wildman–Crippen MR) is 132 cm³/mol. The molecule has 1 amide bonds. The van der Waals surface area contributed by atoms with Crippen molar-refractivity contribution >= 4 is 17.4 Å². The standard InChI is InChI=1S/C26H30N4O4/c1-34-14-13-29-24(27)23(25(32)28-26(29)33)30(17-18-7-3-2-4-8-18)22(31)16-19-11-12-20-9-5-6-10-21(20)15-19/h2-4,7-8,11-12,15H,5-6,9-10,13-14,16-17,27H2,1H3,(H,28,32,33). The van der Waals surface area contributed by atoms with Gasteiger partial charge in [0.1, 0.15) is 5.82 Å². The lowest BCUT2D eigenvalue weighted by Gasteiger charge is -2.25. The summed E-state index contributed by atoms with van der Waals surface area (Å²) < 4.78 is 6.29. The predicted octanol–water partition coefficient (Wildman–Crippen LogP) is 2.42. The van der Waals surface area contributed by atoms with Gasteiger partial charge in [0.05, 0.1) is 26.1 Å². The number of anilines is 2. The number of carbonyl (C=O) groups is 1. The van der Waals surface area contributed by atoms with Crippen LogP contribution in [0.2, 0.25) is 0 Å². The van der Waals surface area contributed by atoms with Gasteiger partial charge in [-0.2, -0.15) is 0 Å². The fraction of sp³-hybridized carbons (Fsp3) is 0.346. The molecule has 3 N–H and O–H groups in total. The number of amides is 1. The molecule has 0 atom stereocenters. The average Bonchev–Trinajstić information content (AvgIpc) is 2.83. The van der Waals surface area contributed by atoms with E-state index in [4.69, 9.17) is 10.5 Å². The highest BCUT2D eigenvalue weighted by Crippen LogP contribution is 2.24. The van der Waals surface area contributed by atoms with Crippen LogP contribution in [0.1, 0.15) is 35.1 Å². The third kappa shape index (κ3) is 5.12. The van der Waals surface area contributed by atoms with Crippen LogP contribution in [0, 0.1) is 0 Å². The molecule has 0 spiro atoms. The molecule has 1 aliphatic carbocycles. The summed E-state index contributed by atoms with van der Waals surface area (Å²) in [5, 5.41) is 0. The van der Waals surface area contributed by atoms with Gasteiger partial charge in [-0.25, -0.2) is 4.79 Å². The van der Waals surface area contributed by atoms with Gasteiger partial charge in [-0.15, -0.1) is 0 Å². The first kappa shape index (κ1) is 23.5. The lowest BCUT2D eigenvalue weighted by molar-refractivity contribution is -0.118. The number of ether oxygens (including phenoxy) is 1. The topological polar surface area (TPSA) is 110 Å². The smallest absolute Gasteiger partial charge is 0.330 e. The van der Waals surface area contributed by atoms with E-state index in [9.17, 15) is 14.4 Å². The van der Waals surface area contributed by atoms with E-state index < -0.39 is 11.2 Å². The molecule has 0 radical (unpaired) electrons. The second-order valence-electron chi connectivity index (χ2n) is 8.59. The molecule has 1 heterocycles. The number of hydrogen-bond donors (Lipinski definition) is 2. The SMILES string of the molecule is COCCn1c(N)c(N(Cc2ccccc2)C(=O)Cc2ccc3c(c2)CCCC3)c(=O)[nH]c1=O. The van der Waals surface area contributed by atoms with Crippen molar-refractivity contribution in [2.24, 2.45) is 0 Å². The van der Waals surface area contributed by atoms with Crippen molar-refractivity contribution in [2.75, 3.05) is 24.4 Å². The molecule has 4 rings (SSSR count). The summed E-state index contributed by atoms with van der Waals surface area (Å²) in [7, 11) is 1.51. The normalized spacial score (nSPS) is 12.9. The monoisotopic (exact) mass is 462 g/mol. The van der Waals surface area contributed by atoms with Crippen LogP contribution in [0.5, 0.6) is 0 Å². The van der Waals surface area contributed by atoms with Crippen LogP contribution in [-0.4, -0.2) is 29.2 Å². The number of rotatable bonds is 8. The first-order chi connectivity index (χ1) is 16.5. The first-order valence-electron chi connectivity index (χ1n) is 11.5. The Morgan fingerprint density at radius 2 is 1.79 bits per heavy atom. The molecular weight excluding hydrogens is 432 g/mol. The highest BCUT2D eigenvalue weighted by atomic mass is 16.5. The molecule has 1 aromatic heterocycles. The molecule has 178 valence electrons. The van der Waals surface area contributed by atoms with Crippen LogP contribution in [0.15, 0.2) is 58.1 Å². The number of nitrogen functional groups attached to an aromatic ring is 1. The highest BCUT2D eigenvalue weighted by molar-refractivity contribution is 5.96. The Bertz CT molecular complexity index is 1280. The maximum atomic E-state index is 13.6. The van der Waals surface area contributed by atoms with E-state index in [2.05, 4.69) is 17.1 Å². The molecule has 3 aromatic rings. The number of nitrogens with one attached hydrogen (secondary N) is 1. The molecule has 2 aromatic carbocycles. The first-order valence-corrected chi connectivity index (χ1v) is 11.5. The molecule has 0 saturated heterocycles. The molecule has 0 fully saturated rings. The Labute approximate surface area is 198 Å². The van der Waals surface area contributed by atoms with E-state index in [1.807, 2.05) is 36.4 Å². The van der Waals surface area contributed by atoms with Crippen LogP contribution in [0.25, 0.3) is 0 Å². The van der Waals surface area contributed by atoms with Crippen molar-refractivity contribution < 1.29 is 9.53 Å². The number of benzene rings is 2. The molecule has 0 aliphatic heterocycles. The summed E-state index contributed by atoms with van der Waals surface area (Å²) in [4.78, 5) is 42.6. The van der Waals surface area contributed by atoms with E-state index >= 15 is 0 Å². The number of nitrogens with zero attached hydrogens (tertiary/aromatic N) is 2. The third-order valence-electron chi connectivity index (χ3n) is 6.26. The van der Waals surface area contributed by atoms with Crippen LogP contribution in [0.3, 0.4) is 0 Å². The third-order valence-corrected chi connectivity index (χ3v) is 6.26. The van der Waals surface area contributed by atoms with Crippen molar-refractivity contribution in [3.05, 3.63) is 91.6 Å². The minimum absolute atomic E-state index is 0.0254. The second-order valence-corrected chi connectivity index (χ2v) is 8.59. The Hall–Kier alpha value is -3.65. The minimum Gasteiger partial charge on any atom is -0.383 e. The van der Waals surface area contributed by atoms with Crippen LogP contribution >= 0.6 is 0 Å². The van der Waals surface area contributed by atoms with Crippen molar-refractivity contribution in [3.63, 3.8) is 0 Å². The van der Waals surface area contributed by atoms with Gasteiger partial charge in [0.15, 0.2) is 5.69 Å². The molecule has 34 heavy (non-hydrogen) atoms. The lowest BCUT2D eigenvalue weighted by atomic mass is 9.90. The van der Waals surface area contributed by atoms with Gasteiger partial charge in [0, 0.05) is 7.11 Å². The number of aromatic nitrogens is 2. The largest absolute Gasteiger partial charge is 0.383 e. The van der Waals surface area contributed by atoms with Gasteiger partial charge < -0.3 is 10.5 Å². The van der Waals surface area contributed by atoms with Crippen molar-refractivity contribution in [1.82, 2.24) is 9.55 Å². The zero-order chi connectivity index (χ0) is 24.1. The number of nitrogens with two attached hydrogens (primary N) is 1. The molecule has 8 nitrogen and oxygen atoms in total. The van der Waals surface area contributed by atoms with Gasteiger partial charge in [0.25, 0.3) is 5.56 Å². The van der Waals surface area contributed by atoms with Crippen LogP contribution < -0.4 is 21.9 Å². The van der Waals surface area contributed by atoms with Gasteiger partial charge in [-0.3, -0.25) is 24.0 Å². The summed E-state index contributed by atoms with van der Waals surface area (Å²) in [5.74, 6) is -0.325. The summed E-state index contributed by atoms with van der Waals surface area (Å²) in [6.07, 6.45) is 4.55. The van der Waals surface area contributed by atoms with E-state index in [0.717, 1.165) is 30.4 Å². The Balaban J connectivity index is 1.72. The number of carbonyl (C=O) groups excluding carboxylic acids is 1. The second kappa shape index (κ2) is 10.5. The van der Waals surface area contributed by atoms with Gasteiger partial charge in [0.2, 0.25) is 5.91 Å². The maximum Gasteiger partial charge on any atom is 0.330 e. The average molecular weight is 463 g/mol. The fourth-order valence-corrected chi connectivity index (χ4v) is 4.47. The lowest BCUT2D eigenvalue weighted by Crippen LogP contribution is -2.41. The van der Waals surface area contributed by atoms with Gasteiger partial charge >= 0.3 is 5.69 Å². The highest BCUT2D eigenvalue weighted by Gasteiger charge is 2.25. The Kier molecular flexibility index (Phi) is 7.27.